The van der Waals surface area contributed by atoms with Gasteiger partial charge in [-0.2, -0.15) is 0 Å². The number of halogens is 1. The molecule has 5 nitrogen and oxygen atoms in total. The van der Waals surface area contributed by atoms with Gasteiger partial charge >= 0.3 is 5.97 Å². The van der Waals surface area contributed by atoms with Gasteiger partial charge in [0, 0.05) is 12.0 Å². The number of ether oxygens (including phenoxy) is 3. The molecule has 0 unspecified atom stereocenters. The molecule has 6 heteroatoms. The lowest BCUT2D eigenvalue weighted by Gasteiger charge is -2.19. The highest BCUT2D eigenvalue weighted by Gasteiger charge is 2.17. The fraction of sp³-hybridized carbons (Fsp3) is 0.323. The van der Waals surface area contributed by atoms with Crippen molar-refractivity contribution < 1.29 is 28.5 Å². The summed E-state index contributed by atoms with van der Waals surface area (Å²) in [7, 11) is 1.57. The Kier molecular flexibility index (Phi) is 9.33. The van der Waals surface area contributed by atoms with Crippen molar-refractivity contribution >= 4 is 11.5 Å². The van der Waals surface area contributed by atoms with Crippen LogP contribution in [0.25, 0.3) is 16.7 Å². The van der Waals surface area contributed by atoms with E-state index < -0.39 is 5.97 Å². The van der Waals surface area contributed by atoms with Crippen LogP contribution in [0.3, 0.4) is 0 Å². The maximum Gasteiger partial charge on any atom is 0.303 e. The average Bonchev–Trinajstić information content (AvgIpc) is 3.82. The Morgan fingerprint density at radius 2 is 1.78 bits per heavy atom. The van der Waals surface area contributed by atoms with E-state index in [-0.39, 0.29) is 12.2 Å². The molecule has 2 aliphatic rings. The molecule has 1 aliphatic carbocycles. The van der Waals surface area contributed by atoms with Gasteiger partial charge in [0.25, 0.3) is 0 Å². The van der Waals surface area contributed by atoms with E-state index in [1.165, 1.54) is 25.3 Å². The number of aliphatic carboxylic acids is 1. The molecule has 3 aromatic rings. The Labute approximate surface area is 217 Å². The van der Waals surface area contributed by atoms with Gasteiger partial charge in [-0.1, -0.05) is 49.6 Å². The first-order chi connectivity index (χ1) is 18.0. The number of methoxy groups -OCH3 is 1. The third kappa shape index (κ3) is 7.92. The zero-order chi connectivity index (χ0) is 26.0. The van der Waals surface area contributed by atoms with Gasteiger partial charge in [-0.3, -0.25) is 4.79 Å². The highest BCUT2D eigenvalue weighted by atomic mass is 19.1. The van der Waals surface area contributed by atoms with E-state index in [1.807, 2.05) is 48.5 Å². The molecular weight excluding hydrogens is 471 g/mol. The van der Waals surface area contributed by atoms with Crippen molar-refractivity contribution in [2.24, 2.45) is 0 Å². The number of carbonyl (C=O) groups is 1. The van der Waals surface area contributed by atoms with Gasteiger partial charge in [0.1, 0.15) is 23.9 Å². The second-order valence-electron chi connectivity index (χ2n) is 9.17. The number of aryl methyl sites for hydroxylation is 1. The minimum absolute atomic E-state index is 0.0773. The first-order valence-corrected chi connectivity index (χ1v) is 12.7. The second-order valence-corrected chi connectivity index (χ2v) is 9.17. The molecule has 0 amide bonds. The normalized spacial score (nSPS) is 14.2. The number of hydrogen-bond donors (Lipinski definition) is 1. The summed E-state index contributed by atoms with van der Waals surface area (Å²) in [5.74, 6) is 0.141. The standard InChI is InChI=1S/C28H27FO5.C3H6/c1-32-22-7-9-27(29)26(17-22)24-8-5-20(16-25(24)21-11-13-33-14-12-21)18-34-23-4-2-3-19(15-23)6-10-28(30)31;1-2-3-1/h2-5,7-9,11,15-17H,6,10,12-14,18H2,1H3,(H,30,31);1-3H2. The van der Waals surface area contributed by atoms with Crippen LogP contribution in [0.5, 0.6) is 11.5 Å². The summed E-state index contributed by atoms with van der Waals surface area (Å²) < 4.78 is 31.6. The third-order valence-electron chi connectivity index (χ3n) is 6.14. The first kappa shape index (κ1) is 26.4. The third-order valence-corrected chi connectivity index (χ3v) is 6.14. The molecule has 0 saturated heterocycles. The van der Waals surface area contributed by atoms with E-state index in [1.54, 1.807) is 19.2 Å². The summed E-state index contributed by atoms with van der Waals surface area (Å²) >= 11 is 0. The van der Waals surface area contributed by atoms with Crippen LogP contribution in [0.1, 0.15) is 48.8 Å². The van der Waals surface area contributed by atoms with E-state index >= 15 is 0 Å². The fourth-order valence-electron chi connectivity index (χ4n) is 4.00. The summed E-state index contributed by atoms with van der Waals surface area (Å²) in [4.78, 5) is 10.8. The predicted molar refractivity (Wildman–Crippen MR) is 142 cm³/mol. The lowest BCUT2D eigenvalue weighted by Crippen LogP contribution is -2.06. The summed E-state index contributed by atoms with van der Waals surface area (Å²) in [6.45, 7) is 1.48. The van der Waals surface area contributed by atoms with E-state index in [9.17, 15) is 9.18 Å². The summed E-state index contributed by atoms with van der Waals surface area (Å²) in [5, 5.41) is 8.91. The number of carboxylic acid groups (broad SMARTS) is 1. The van der Waals surface area contributed by atoms with Gasteiger partial charge in [0.15, 0.2) is 0 Å². The molecule has 1 N–H and O–H groups in total. The van der Waals surface area contributed by atoms with Crippen LogP contribution in [-0.2, 0) is 22.6 Å². The van der Waals surface area contributed by atoms with Crippen LogP contribution in [0.15, 0.2) is 66.7 Å². The topological polar surface area (TPSA) is 65.0 Å². The monoisotopic (exact) mass is 504 g/mol. The van der Waals surface area contributed by atoms with E-state index in [0.717, 1.165) is 34.2 Å². The van der Waals surface area contributed by atoms with Crippen LogP contribution in [0, 0.1) is 5.82 Å². The summed E-state index contributed by atoms with van der Waals surface area (Å²) in [5.41, 5.74) is 5.21. The molecule has 1 fully saturated rings. The number of benzene rings is 3. The van der Waals surface area contributed by atoms with E-state index in [4.69, 9.17) is 19.3 Å². The van der Waals surface area contributed by atoms with Gasteiger partial charge in [0.05, 0.1) is 20.3 Å². The molecule has 0 bridgehead atoms. The number of hydrogen-bond acceptors (Lipinski definition) is 4. The molecule has 0 spiro atoms. The SMILES string of the molecule is C1CC1.COc1ccc(F)c(-c2ccc(COc3cccc(CCC(=O)O)c3)cc2C2=CCOCC2)c1. The van der Waals surface area contributed by atoms with Gasteiger partial charge < -0.3 is 19.3 Å². The van der Waals surface area contributed by atoms with Gasteiger partial charge in [0.2, 0.25) is 0 Å². The Morgan fingerprint density at radius 3 is 2.49 bits per heavy atom. The van der Waals surface area contributed by atoms with Crippen molar-refractivity contribution in [3.05, 3.63) is 89.2 Å². The van der Waals surface area contributed by atoms with Crippen LogP contribution in [-0.4, -0.2) is 31.4 Å². The molecule has 0 aromatic heterocycles. The van der Waals surface area contributed by atoms with E-state index in [2.05, 4.69) is 0 Å². The zero-order valence-electron chi connectivity index (χ0n) is 21.2. The summed E-state index contributed by atoms with van der Waals surface area (Å²) in [6, 6.07) is 18.1. The van der Waals surface area contributed by atoms with E-state index in [0.29, 0.717) is 43.3 Å². The van der Waals surface area contributed by atoms with Crippen molar-refractivity contribution in [1.29, 1.82) is 0 Å². The average molecular weight is 505 g/mol. The van der Waals surface area contributed by atoms with Crippen LogP contribution < -0.4 is 9.47 Å². The maximum absolute atomic E-state index is 14.8. The highest BCUT2D eigenvalue weighted by Crippen LogP contribution is 2.36. The fourth-order valence-corrected chi connectivity index (χ4v) is 4.00. The minimum Gasteiger partial charge on any atom is -0.497 e. The smallest absolute Gasteiger partial charge is 0.303 e. The minimum atomic E-state index is -0.825. The van der Waals surface area contributed by atoms with Gasteiger partial charge in [-0.25, -0.2) is 4.39 Å². The lowest BCUT2D eigenvalue weighted by molar-refractivity contribution is -0.136. The quantitative estimate of drug-likeness (QED) is 0.338. The molecule has 1 heterocycles. The van der Waals surface area contributed by atoms with Crippen LogP contribution in [0.2, 0.25) is 0 Å². The molecule has 0 radical (unpaired) electrons. The molecule has 1 saturated carbocycles. The van der Waals surface area contributed by atoms with Gasteiger partial charge in [-0.15, -0.1) is 0 Å². The maximum atomic E-state index is 14.8. The second kappa shape index (κ2) is 13.1. The molecular formula is C31H33FO5. The van der Waals surface area contributed by atoms with Crippen molar-refractivity contribution in [3.63, 3.8) is 0 Å². The Morgan fingerprint density at radius 1 is 0.946 bits per heavy atom. The molecule has 3 aromatic carbocycles. The van der Waals surface area contributed by atoms with Crippen LogP contribution >= 0.6 is 0 Å². The molecule has 37 heavy (non-hydrogen) atoms. The Hall–Kier alpha value is -3.64. The zero-order valence-corrected chi connectivity index (χ0v) is 21.2. The van der Waals surface area contributed by atoms with Crippen molar-refractivity contribution in [2.45, 2.75) is 45.1 Å². The summed E-state index contributed by atoms with van der Waals surface area (Å²) in [6.07, 6.45) is 7.81. The van der Waals surface area contributed by atoms with Crippen LogP contribution in [0.4, 0.5) is 4.39 Å². The Bertz CT molecular complexity index is 1250. The first-order valence-electron chi connectivity index (χ1n) is 12.7. The van der Waals surface area contributed by atoms with Gasteiger partial charge in [-0.05, 0) is 77.1 Å². The Balaban J connectivity index is 0.000000994. The lowest BCUT2D eigenvalue weighted by atomic mass is 9.90. The largest absolute Gasteiger partial charge is 0.497 e. The van der Waals surface area contributed by atoms with Crippen molar-refractivity contribution in [2.75, 3.05) is 20.3 Å². The molecule has 5 rings (SSSR count). The number of rotatable bonds is 9. The number of carboxylic acids is 1. The molecule has 0 atom stereocenters. The van der Waals surface area contributed by atoms with Crippen molar-refractivity contribution in [3.8, 4) is 22.6 Å². The predicted octanol–water partition coefficient (Wildman–Crippen LogP) is 7.07. The highest BCUT2D eigenvalue weighted by molar-refractivity contribution is 5.83. The van der Waals surface area contributed by atoms with Crippen molar-refractivity contribution in [1.82, 2.24) is 0 Å². The molecule has 1 aliphatic heterocycles. The molecule has 194 valence electrons.